The lowest BCUT2D eigenvalue weighted by Gasteiger charge is -2.43. The van der Waals surface area contributed by atoms with Gasteiger partial charge in [-0.3, -0.25) is 14.4 Å². The summed E-state index contributed by atoms with van der Waals surface area (Å²) in [7, 11) is 0. The lowest BCUT2D eigenvalue weighted by Crippen LogP contribution is -2.50. The molecule has 7 nitrogen and oxygen atoms in total. The predicted molar refractivity (Wildman–Crippen MR) is 84.9 cm³/mol. The second-order valence-electron chi connectivity index (χ2n) is 6.27. The van der Waals surface area contributed by atoms with Gasteiger partial charge in [-0.25, -0.2) is 4.37 Å². The number of nitrogens with two attached hydrogens (primary N) is 1. The quantitative estimate of drug-likeness (QED) is 0.906. The van der Waals surface area contributed by atoms with E-state index in [1.807, 2.05) is 10.9 Å². The summed E-state index contributed by atoms with van der Waals surface area (Å²) in [5, 5.41) is 4.32. The van der Waals surface area contributed by atoms with E-state index in [2.05, 4.69) is 20.4 Å². The Labute approximate surface area is 138 Å². The summed E-state index contributed by atoms with van der Waals surface area (Å²) < 4.78 is 12.2. The van der Waals surface area contributed by atoms with E-state index in [1.165, 1.54) is 4.88 Å². The third kappa shape index (κ3) is 2.89. The molecule has 8 heteroatoms. The first-order valence-electron chi connectivity index (χ1n) is 7.76. The van der Waals surface area contributed by atoms with Crippen LogP contribution in [0.1, 0.15) is 33.9 Å². The van der Waals surface area contributed by atoms with Gasteiger partial charge in [0.05, 0.1) is 24.4 Å². The Hall–Kier alpha value is -1.77. The number of hydrogen-bond acceptors (Lipinski definition) is 6. The summed E-state index contributed by atoms with van der Waals surface area (Å²) >= 11 is 1.56. The number of amides is 1. The van der Waals surface area contributed by atoms with Crippen molar-refractivity contribution in [2.45, 2.75) is 38.1 Å². The van der Waals surface area contributed by atoms with Gasteiger partial charge in [-0.15, -0.1) is 0 Å². The molecular weight excluding hydrogens is 314 g/mol. The van der Waals surface area contributed by atoms with Gasteiger partial charge in [0.15, 0.2) is 0 Å². The Morgan fingerprint density at radius 1 is 1.43 bits per heavy atom. The van der Waals surface area contributed by atoms with Crippen LogP contribution in [-0.4, -0.2) is 43.7 Å². The molecule has 4 heterocycles. The fraction of sp³-hybridized carbons (Fsp3) is 0.533. The number of likely N-dealkylation sites (tertiary alicyclic amines) is 1. The van der Waals surface area contributed by atoms with Gasteiger partial charge in [-0.2, -0.15) is 5.10 Å². The molecule has 1 amide bonds. The molecule has 0 bridgehead atoms. The molecular formula is C15H19N5O2S. The third-order valence-corrected chi connectivity index (χ3v) is 5.44. The van der Waals surface area contributed by atoms with Crippen LogP contribution >= 0.6 is 11.5 Å². The van der Waals surface area contributed by atoms with Crippen molar-refractivity contribution < 1.29 is 9.53 Å². The van der Waals surface area contributed by atoms with E-state index < -0.39 is 5.91 Å². The first-order chi connectivity index (χ1) is 11.1. The Kier molecular flexibility index (Phi) is 3.67. The SMILES string of the molecule is NC(=O)c1cc2n(n1)CC1(CCN(Cc3ccns3)CC1)OC2. The van der Waals surface area contributed by atoms with Crippen LogP contribution in [0.4, 0.5) is 0 Å². The standard InChI is InChI=1S/C15H19N5O2S/c16-14(21)13-7-11-9-22-15(10-20(11)18-13)2-5-19(6-3-15)8-12-1-4-17-23-12/h1,4,7H,2-3,5-6,8-10H2,(H2,16,21). The van der Waals surface area contributed by atoms with Gasteiger partial charge in [0, 0.05) is 30.7 Å². The molecule has 1 fully saturated rings. The lowest BCUT2D eigenvalue weighted by atomic mass is 9.90. The van der Waals surface area contributed by atoms with Crippen LogP contribution in [0.2, 0.25) is 0 Å². The average Bonchev–Trinajstić information content (AvgIpc) is 3.18. The molecule has 0 aliphatic carbocycles. The highest BCUT2D eigenvalue weighted by molar-refractivity contribution is 7.05. The third-order valence-electron chi connectivity index (χ3n) is 4.72. The summed E-state index contributed by atoms with van der Waals surface area (Å²) in [6, 6.07) is 3.81. The van der Waals surface area contributed by atoms with Crippen molar-refractivity contribution in [3.8, 4) is 0 Å². The Morgan fingerprint density at radius 3 is 2.96 bits per heavy atom. The summed E-state index contributed by atoms with van der Waals surface area (Å²) in [5.74, 6) is -0.486. The number of ether oxygens (including phenoxy) is 1. The maximum atomic E-state index is 11.3. The number of rotatable bonds is 3. The first kappa shape index (κ1) is 14.8. The van der Waals surface area contributed by atoms with E-state index in [1.54, 1.807) is 17.6 Å². The molecule has 2 N–H and O–H groups in total. The van der Waals surface area contributed by atoms with Crippen molar-refractivity contribution in [2.24, 2.45) is 5.73 Å². The Balaban J connectivity index is 1.42. The monoisotopic (exact) mass is 333 g/mol. The fourth-order valence-electron chi connectivity index (χ4n) is 3.34. The van der Waals surface area contributed by atoms with Crippen molar-refractivity contribution in [3.63, 3.8) is 0 Å². The number of carbonyl (C=O) groups is 1. The maximum Gasteiger partial charge on any atom is 0.269 e. The summed E-state index contributed by atoms with van der Waals surface area (Å²) in [6.07, 6.45) is 3.79. The number of primary amides is 1. The zero-order valence-electron chi connectivity index (χ0n) is 12.8. The molecule has 0 unspecified atom stereocenters. The summed E-state index contributed by atoms with van der Waals surface area (Å²) in [6.45, 7) is 4.15. The van der Waals surface area contributed by atoms with Gasteiger partial charge in [0.1, 0.15) is 5.69 Å². The van der Waals surface area contributed by atoms with Crippen LogP contribution in [0, 0.1) is 0 Å². The van der Waals surface area contributed by atoms with Crippen molar-refractivity contribution in [1.82, 2.24) is 19.1 Å². The minimum Gasteiger partial charge on any atom is -0.367 e. The second kappa shape index (κ2) is 5.70. The predicted octanol–water partition coefficient (Wildman–Crippen LogP) is 1.00. The smallest absolute Gasteiger partial charge is 0.269 e. The molecule has 2 aromatic rings. The van der Waals surface area contributed by atoms with Crippen molar-refractivity contribution in [2.75, 3.05) is 13.1 Å². The molecule has 4 rings (SSSR count). The maximum absolute atomic E-state index is 11.3. The van der Waals surface area contributed by atoms with Crippen LogP contribution in [0.15, 0.2) is 18.3 Å². The van der Waals surface area contributed by atoms with Crippen molar-refractivity contribution >= 4 is 17.4 Å². The van der Waals surface area contributed by atoms with E-state index in [4.69, 9.17) is 10.5 Å². The van der Waals surface area contributed by atoms with E-state index in [0.29, 0.717) is 18.8 Å². The number of carbonyl (C=O) groups excluding carboxylic acids is 1. The van der Waals surface area contributed by atoms with Gasteiger partial charge < -0.3 is 10.5 Å². The van der Waals surface area contributed by atoms with E-state index in [-0.39, 0.29) is 5.60 Å². The van der Waals surface area contributed by atoms with E-state index in [9.17, 15) is 4.79 Å². The molecule has 122 valence electrons. The highest BCUT2D eigenvalue weighted by Crippen LogP contribution is 2.33. The minimum atomic E-state index is -0.486. The van der Waals surface area contributed by atoms with Crippen LogP contribution in [0.3, 0.4) is 0 Å². The molecule has 0 radical (unpaired) electrons. The molecule has 1 spiro atoms. The highest BCUT2D eigenvalue weighted by atomic mass is 32.1. The zero-order valence-corrected chi connectivity index (χ0v) is 13.6. The highest BCUT2D eigenvalue weighted by Gasteiger charge is 2.39. The first-order valence-corrected chi connectivity index (χ1v) is 8.53. The average molecular weight is 333 g/mol. The van der Waals surface area contributed by atoms with Gasteiger partial charge in [0.2, 0.25) is 0 Å². The molecule has 0 aromatic carbocycles. The number of hydrogen-bond donors (Lipinski definition) is 1. The number of piperidine rings is 1. The molecule has 0 saturated carbocycles. The van der Waals surface area contributed by atoms with Gasteiger partial charge in [-0.1, -0.05) is 0 Å². The normalized spacial score (nSPS) is 20.5. The molecule has 2 aliphatic rings. The molecule has 23 heavy (non-hydrogen) atoms. The van der Waals surface area contributed by atoms with Crippen molar-refractivity contribution in [3.05, 3.63) is 34.6 Å². The molecule has 2 aromatic heterocycles. The number of fused-ring (bicyclic) bond motifs is 1. The zero-order chi connectivity index (χ0) is 15.9. The second-order valence-corrected chi connectivity index (χ2v) is 7.19. The number of nitrogens with zero attached hydrogens (tertiary/aromatic N) is 4. The van der Waals surface area contributed by atoms with Crippen LogP contribution < -0.4 is 5.73 Å². The molecule has 2 aliphatic heterocycles. The largest absolute Gasteiger partial charge is 0.367 e. The van der Waals surface area contributed by atoms with Gasteiger partial charge in [-0.05, 0) is 36.5 Å². The fourth-order valence-corrected chi connectivity index (χ4v) is 3.96. The van der Waals surface area contributed by atoms with Crippen LogP contribution in [0.5, 0.6) is 0 Å². The Morgan fingerprint density at radius 2 is 2.26 bits per heavy atom. The van der Waals surface area contributed by atoms with Crippen LogP contribution in [-0.2, 0) is 24.4 Å². The van der Waals surface area contributed by atoms with Gasteiger partial charge >= 0.3 is 0 Å². The van der Waals surface area contributed by atoms with Crippen LogP contribution in [0.25, 0.3) is 0 Å². The van der Waals surface area contributed by atoms with E-state index >= 15 is 0 Å². The molecule has 1 saturated heterocycles. The summed E-state index contributed by atoms with van der Waals surface area (Å²) in [4.78, 5) is 15.0. The lowest BCUT2D eigenvalue weighted by molar-refractivity contribution is -0.124. The molecule has 0 atom stereocenters. The minimum absolute atomic E-state index is 0.169. The number of aromatic nitrogens is 3. The van der Waals surface area contributed by atoms with Gasteiger partial charge in [0.25, 0.3) is 5.91 Å². The van der Waals surface area contributed by atoms with E-state index in [0.717, 1.165) is 38.2 Å². The Bertz CT molecular complexity index is 704. The topological polar surface area (TPSA) is 86.3 Å². The summed E-state index contributed by atoms with van der Waals surface area (Å²) in [5.41, 5.74) is 6.39. The van der Waals surface area contributed by atoms with Crippen molar-refractivity contribution in [1.29, 1.82) is 0 Å².